The summed E-state index contributed by atoms with van der Waals surface area (Å²) in [6, 6.07) is 8.90. The van der Waals surface area contributed by atoms with Gasteiger partial charge in [-0.15, -0.1) is 0 Å². The van der Waals surface area contributed by atoms with Gasteiger partial charge in [-0.3, -0.25) is 0 Å². The topological polar surface area (TPSA) is 32.3 Å². The molecule has 2 saturated carbocycles. The van der Waals surface area contributed by atoms with Crippen molar-refractivity contribution in [2.75, 3.05) is 6.54 Å². The summed E-state index contributed by atoms with van der Waals surface area (Å²) in [6.45, 7) is 7.88. The highest BCUT2D eigenvalue weighted by atomic mass is 16.3. The summed E-state index contributed by atoms with van der Waals surface area (Å²) in [7, 11) is 0. The molecule has 0 radical (unpaired) electrons. The summed E-state index contributed by atoms with van der Waals surface area (Å²) in [6.07, 6.45) is 15.1. The lowest BCUT2D eigenvalue weighted by Gasteiger charge is -2.48. The molecule has 0 heterocycles. The maximum atomic E-state index is 11.0. The van der Waals surface area contributed by atoms with E-state index in [0.717, 1.165) is 37.8 Å². The fourth-order valence-electron chi connectivity index (χ4n) is 6.33. The molecule has 2 nitrogen and oxygen atoms in total. The molecule has 1 aromatic rings. The largest absolute Gasteiger partial charge is 0.392 e. The van der Waals surface area contributed by atoms with E-state index in [4.69, 9.17) is 0 Å². The van der Waals surface area contributed by atoms with Crippen LogP contribution < -0.4 is 5.32 Å². The molecule has 0 aromatic heterocycles. The van der Waals surface area contributed by atoms with Gasteiger partial charge in [0.05, 0.1) is 6.10 Å². The van der Waals surface area contributed by atoms with Gasteiger partial charge in [0.1, 0.15) is 0 Å². The van der Waals surface area contributed by atoms with Crippen molar-refractivity contribution in [2.45, 2.75) is 104 Å². The van der Waals surface area contributed by atoms with Crippen LogP contribution in [0.1, 0.15) is 103 Å². The second-order valence-electron chi connectivity index (χ2n) is 10.8. The lowest BCUT2D eigenvalue weighted by molar-refractivity contribution is 0.0315. The maximum Gasteiger partial charge on any atom is 0.0634 e. The average Bonchev–Trinajstić information content (AvgIpc) is 2.82. The van der Waals surface area contributed by atoms with Gasteiger partial charge in [0.25, 0.3) is 0 Å². The van der Waals surface area contributed by atoms with E-state index in [1.807, 2.05) is 0 Å². The summed E-state index contributed by atoms with van der Waals surface area (Å²) in [4.78, 5) is 0. The average molecular weight is 446 g/mol. The summed E-state index contributed by atoms with van der Waals surface area (Å²) >= 11 is 0. The van der Waals surface area contributed by atoms with E-state index in [0.29, 0.717) is 5.92 Å². The number of unbranched alkanes of at least 4 members (excludes halogenated alkanes) is 1. The van der Waals surface area contributed by atoms with Crippen LogP contribution in [0.15, 0.2) is 41.0 Å². The number of fused-ring (bicyclic) bond motifs is 1. The molecule has 0 amide bonds. The van der Waals surface area contributed by atoms with Crippen molar-refractivity contribution in [3.63, 3.8) is 0 Å². The van der Waals surface area contributed by atoms with Crippen LogP contribution in [0.25, 0.3) is 6.08 Å². The van der Waals surface area contributed by atoms with Gasteiger partial charge in [0, 0.05) is 22.9 Å². The minimum absolute atomic E-state index is 0.139. The van der Waals surface area contributed by atoms with E-state index in [-0.39, 0.29) is 17.6 Å². The monoisotopic (exact) mass is 445 g/mol. The zero-order valence-electron chi connectivity index (χ0n) is 21.1. The Morgan fingerprint density at radius 1 is 1.12 bits per heavy atom. The fourth-order valence-corrected chi connectivity index (χ4v) is 6.33. The molecule has 0 aliphatic heterocycles. The molecule has 2 fully saturated rings. The molecular weight excluding hydrogens is 402 g/mol. The fraction of sp³-hybridized carbons (Fsp3) is 0.613. The van der Waals surface area contributed by atoms with Crippen LogP contribution in [0, 0.1) is 23.2 Å². The molecule has 1 aromatic carbocycles. The number of aliphatic hydroxyl groups excluding tert-OH is 1. The van der Waals surface area contributed by atoms with Crippen molar-refractivity contribution < 1.29 is 5.11 Å². The number of hydrogen-bond acceptors (Lipinski definition) is 2. The Labute approximate surface area is 202 Å². The second-order valence-corrected chi connectivity index (χ2v) is 10.8. The van der Waals surface area contributed by atoms with Crippen LogP contribution in [0.3, 0.4) is 0 Å². The summed E-state index contributed by atoms with van der Waals surface area (Å²) < 4.78 is 0. The van der Waals surface area contributed by atoms with Gasteiger partial charge in [-0.05, 0) is 75.6 Å². The van der Waals surface area contributed by atoms with E-state index in [9.17, 15) is 5.11 Å². The van der Waals surface area contributed by atoms with Gasteiger partial charge < -0.3 is 10.4 Å². The minimum Gasteiger partial charge on any atom is -0.392 e. The highest BCUT2D eigenvalue weighted by molar-refractivity contribution is 5.64. The second kappa shape index (κ2) is 11.1. The van der Waals surface area contributed by atoms with Gasteiger partial charge in [0.15, 0.2) is 0 Å². The molecule has 0 spiro atoms. The van der Waals surface area contributed by atoms with Crippen LogP contribution in [-0.2, 0) is 0 Å². The molecule has 4 rings (SSSR count). The molecule has 1 unspecified atom stereocenters. The third kappa shape index (κ3) is 5.47. The summed E-state index contributed by atoms with van der Waals surface area (Å²) in [5.41, 5.74) is 6.57. The number of nitrogens with one attached hydrogen (secondary N) is 1. The predicted octanol–water partition coefficient (Wildman–Crippen LogP) is 7.03. The number of benzene rings is 1. The van der Waals surface area contributed by atoms with Crippen molar-refractivity contribution in [3.05, 3.63) is 52.1 Å². The first-order valence-corrected chi connectivity index (χ1v) is 13.5. The first-order valence-electron chi connectivity index (χ1n) is 13.5. The highest BCUT2D eigenvalue weighted by Crippen LogP contribution is 2.51. The molecule has 33 heavy (non-hydrogen) atoms. The van der Waals surface area contributed by atoms with Crippen molar-refractivity contribution >= 4 is 6.08 Å². The Bertz CT molecular complexity index is 939. The zero-order valence-corrected chi connectivity index (χ0v) is 21.1. The summed E-state index contributed by atoms with van der Waals surface area (Å²) in [5, 5.41) is 14.9. The van der Waals surface area contributed by atoms with Gasteiger partial charge >= 0.3 is 0 Å². The molecule has 178 valence electrons. The lowest BCUT2D eigenvalue weighted by atomic mass is 9.60. The van der Waals surface area contributed by atoms with E-state index in [2.05, 4.69) is 68.3 Å². The third-order valence-corrected chi connectivity index (χ3v) is 8.38. The molecular formula is C31H43NO. The van der Waals surface area contributed by atoms with E-state index >= 15 is 0 Å². The Hall–Kier alpha value is -1.82. The molecule has 0 bridgehead atoms. The Morgan fingerprint density at radius 2 is 1.91 bits per heavy atom. The number of hydrogen-bond donors (Lipinski definition) is 2. The van der Waals surface area contributed by atoms with Crippen molar-refractivity contribution in [2.24, 2.45) is 11.3 Å². The van der Waals surface area contributed by atoms with Crippen molar-refractivity contribution in [1.29, 1.82) is 0 Å². The normalized spacial score (nSPS) is 29.5. The maximum absolute atomic E-state index is 11.0. The lowest BCUT2D eigenvalue weighted by Crippen LogP contribution is -2.47. The van der Waals surface area contributed by atoms with Crippen LogP contribution in [0.5, 0.6) is 0 Å². The van der Waals surface area contributed by atoms with Gasteiger partial charge in [-0.25, -0.2) is 0 Å². The SMILES string of the molecule is CCCCNC1C(=Cc2ccccc2C#CC2CCCCC2)C[C@@]2(C)C(=C1C)CCC[C@@H]2O. The molecule has 2 N–H and O–H groups in total. The van der Waals surface area contributed by atoms with Gasteiger partial charge in [-0.1, -0.05) is 86.8 Å². The predicted molar refractivity (Wildman–Crippen MR) is 140 cm³/mol. The molecule has 3 atom stereocenters. The zero-order chi connectivity index (χ0) is 23.3. The number of aliphatic hydroxyl groups is 1. The molecule has 0 saturated heterocycles. The summed E-state index contributed by atoms with van der Waals surface area (Å²) in [5.74, 6) is 7.70. The molecule has 3 aliphatic carbocycles. The standard InChI is InChI=1S/C31H43NO/c1-4-5-20-32-30-23(2)28-16-11-17-29(33)31(28,3)22-27(30)21-26-15-10-9-14-25(26)19-18-24-12-7-6-8-13-24/h9-10,14-15,21,24,29-30,32-33H,4-8,11-13,16-17,20,22H2,1-3H3/t29-,30?,31-/m0/s1. The van der Waals surface area contributed by atoms with Crippen molar-refractivity contribution in [1.82, 2.24) is 5.32 Å². The van der Waals surface area contributed by atoms with E-state index in [1.54, 1.807) is 0 Å². The van der Waals surface area contributed by atoms with Crippen LogP contribution in [0.2, 0.25) is 0 Å². The van der Waals surface area contributed by atoms with Gasteiger partial charge in [-0.2, -0.15) is 0 Å². The molecule has 3 aliphatic rings. The first-order chi connectivity index (χ1) is 16.0. The van der Waals surface area contributed by atoms with Crippen molar-refractivity contribution in [3.8, 4) is 11.8 Å². The van der Waals surface area contributed by atoms with Gasteiger partial charge in [0.2, 0.25) is 0 Å². The highest BCUT2D eigenvalue weighted by Gasteiger charge is 2.45. The first kappa shape index (κ1) is 24.3. The van der Waals surface area contributed by atoms with Crippen LogP contribution >= 0.6 is 0 Å². The minimum atomic E-state index is -0.252. The number of rotatable bonds is 5. The Balaban J connectivity index is 1.69. The third-order valence-electron chi connectivity index (χ3n) is 8.38. The van der Waals surface area contributed by atoms with E-state index in [1.165, 1.54) is 67.2 Å². The quantitative estimate of drug-likeness (QED) is 0.290. The molecule has 2 heteroatoms. The van der Waals surface area contributed by atoms with Crippen LogP contribution in [-0.4, -0.2) is 23.8 Å². The Morgan fingerprint density at radius 3 is 2.70 bits per heavy atom. The Kier molecular flexibility index (Phi) is 8.15. The van der Waals surface area contributed by atoms with E-state index < -0.39 is 0 Å². The van der Waals surface area contributed by atoms with Crippen LogP contribution in [0.4, 0.5) is 0 Å². The smallest absolute Gasteiger partial charge is 0.0634 e.